The third kappa shape index (κ3) is 10.8. The Kier molecular flexibility index (Phi) is 14.0. The van der Waals surface area contributed by atoms with Crippen LogP contribution in [0.4, 0.5) is 34.1 Å². The van der Waals surface area contributed by atoms with Crippen molar-refractivity contribution in [1.82, 2.24) is 0 Å². The first kappa shape index (κ1) is 43.0. The van der Waals surface area contributed by atoms with Crippen molar-refractivity contribution >= 4 is 46.1 Å². The molecule has 0 unspecified atom stereocenters. The van der Waals surface area contributed by atoms with E-state index in [1.807, 2.05) is 12.1 Å². The van der Waals surface area contributed by atoms with Crippen LogP contribution < -0.4 is 9.80 Å². The fraction of sp³-hybridized carbons (Fsp3) is 0.138. The standard InChI is InChI=1S/C58H52N2O4/c1-63-57(61)41-23-45-19-33-53(34-20-45)59(55-37-25-49(26-38-55)47-9-5-3-6-10-47)51-29-15-43(16-30-51)13-14-44-17-31-52(32-18-44)60(54-35-21-46(22-36-54)24-42-58(62)64-2)56-39-27-50(28-40-56)48-11-7-4-8-12-48/h3-12,15-22,25-40H,13-14,23-24,41-42H2,1-2H3. The maximum atomic E-state index is 11.8. The monoisotopic (exact) mass is 840 g/mol. The predicted molar refractivity (Wildman–Crippen MR) is 261 cm³/mol. The van der Waals surface area contributed by atoms with E-state index in [0.717, 1.165) is 58.1 Å². The van der Waals surface area contributed by atoms with Crippen LogP contribution in [-0.4, -0.2) is 26.2 Å². The van der Waals surface area contributed by atoms with Crippen LogP contribution in [0.25, 0.3) is 22.3 Å². The number of methoxy groups -OCH3 is 2. The van der Waals surface area contributed by atoms with E-state index >= 15 is 0 Å². The average molecular weight is 841 g/mol. The molecule has 0 aromatic heterocycles. The topological polar surface area (TPSA) is 59.1 Å². The van der Waals surface area contributed by atoms with Gasteiger partial charge in [-0.1, -0.05) is 133 Å². The summed E-state index contributed by atoms with van der Waals surface area (Å²) in [5.41, 5.74) is 15.7. The van der Waals surface area contributed by atoms with Crippen molar-refractivity contribution in [3.63, 3.8) is 0 Å². The minimum Gasteiger partial charge on any atom is -0.469 e. The summed E-state index contributed by atoms with van der Waals surface area (Å²) in [4.78, 5) is 28.1. The minimum absolute atomic E-state index is 0.206. The third-order valence-corrected chi connectivity index (χ3v) is 11.6. The maximum Gasteiger partial charge on any atom is 0.305 e. The molecule has 0 heterocycles. The summed E-state index contributed by atoms with van der Waals surface area (Å²) in [7, 11) is 2.86. The number of ether oxygens (including phenoxy) is 2. The molecule has 0 saturated heterocycles. The highest BCUT2D eigenvalue weighted by Crippen LogP contribution is 2.38. The van der Waals surface area contributed by atoms with Crippen molar-refractivity contribution in [2.45, 2.75) is 38.5 Å². The number of hydrogen-bond donors (Lipinski definition) is 0. The second kappa shape index (κ2) is 20.9. The van der Waals surface area contributed by atoms with E-state index in [1.165, 1.54) is 47.6 Å². The SMILES string of the molecule is COC(=O)CCc1ccc(N(c2ccc(CCc3ccc(N(c4ccc(CCC(=O)OC)cc4)c4ccc(-c5ccccc5)cc4)cc3)cc2)c2ccc(-c3ccccc3)cc2)cc1. The maximum absolute atomic E-state index is 11.8. The molecule has 0 N–H and O–H groups in total. The van der Waals surface area contributed by atoms with Gasteiger partial charge in [-0.15, -0.1) is 0 Å². The summed E-state index contributed by atoms with van der Waals surface area (Å²) >= 11 is 0. The van der Waals surface area contributed by atoms with Crippen LogP contribution in [0.1, 0.15) is 35.1 Å². The molecule has 0 atom stereocenters. The zero-order chi connectivity index (χ0) is 44.1. The number of benzene rings is 8. The summed E-state index contributed by atoms with van der Waals surface area (Å²) < 4.78 is 9.72. The van der Waals surface area contributed by atoms with Gasteiger partial charge in [-0.25, -0.2) is 0 Å². The summed E-state index contributed by atoms with van der Waals surface area (Å²) in [6.07, 6.45) is 3.77. The molecule has 8 rings (SSSR count). The van der Waals surface area contributed by atoms with Gasteiger partial charge in [0.15, 0.2) is 0 Å². The fourth-order valence-corrected chi connectivity index (χ4v) is 7.99. The molecule has 0 fully saturated rings. The molecule has 0 amide bonds. The molecule has 0 bridgehead atoms. The Labute approximate surface area is 377 Å². The second-order valence-corrected chi connectivity index (χ2v) is 15.8. The van der Waals surface area contributed by atoms with Crippen LogP contribution in [0.3, 0.4) is 0 Å². The van der Waals surface area contributed by atoms with Crippen molar-refractivity contribution in [2.75, 3.05) is 24.0 Å². The van der Waals surface area contributed by atoms with Crippen molar-refractivity contribution in [2.24, 2.45) is 0 Å². The molecule has 0 spiro atoms. The van der Waals surface area contributed by atoms with E-state index in [9.17, 15) is 9.59 Å². The van der Waals surface area contributed by atoms with Gasteiger partial charge >= 0.3 is 11.9 Å². The average Bonchev–Trinajstić information content (AvgIpc) is 3.37. The molecule has 0 aliphatic rings. The van der Waals surface area contributed by atoms with E-state index in [-0.39, 0.29) is 11.9 Å². The highest BCUT2D eigenvalue weighted by molar-refractivity contribution is 5.80. The molecule has 8 aromatic carbocycles. The van der Waals surface area contributed by atoms with Crippen LogP contribution in [-0.2, 0) is 44.7 Å². The van der Waals surface area contributed by atoms with Crippen LogP contribution in [0.5, 0.6) is 0 Å². The van der Waals surface area contributed by atoms with E-state index in [0.29, 0.717) is 25.7 Å². The molecule has 0 aliphatic carbocycles. The lowest BCUT2D eigenvalue weighted by Crippen LogP contribution is -2.10. The predicted octanol–water partition coefficient (Wildman–Crippen LogP) is 14.0. The van der Waals surface area contributed by atoms with Crippen LogP contribution in [0, 0.1) is 0 Å². The normalized spacial score (nSPS) is 10.8. The Morgan fingerprint density at radius 2 is 0.547 bits per heavy atom. The lowest BCUT2D eigenvalue weighted by Gasteiger charge is -2.26. The van der Waals surface area contributed by atoms with Gasteiger partial charge in [0.25, 0.3) is 0 Å². The van der Waals surface area contributed by atoms with Crippen LogP contribution in [0.2, 0.25) is 0 Å². The Balaban J connectivity index is 0.994. The van der Waals surface area contributed by atoms with Crippen molar-refractivity contribution in [3.05, 3.63) is 229 Å². The molecular formula is C58H52N2O4. The summed E-state index contributed by atoms with van der Waals surface area (Å²) in [5, 5.41) is 0. The first-order valence-corrected chi connectivity index (χ1v) is 21.8. The lowest BCUT2D eigenvalue weighted by molar-refractivity contribution is -0.141. The molecule has 6 nitrogen and oxygen atoms in total. The van der Waals surface area contributed by atoms with Gasteiger partial charge in [0.2, 0.25) is 0 Å². The Morgan fingerprint density at radius 1 is 0.312 bits per heavy atom. The van der Waals surface area contributed by atoms with E-state index in [4.69, 9.17) is 9.47 Å². The van der Waals surface area contributed by atoms with E-state index in [2.05, 4.69) is 204 Å². The van der Waals surface area contributed by atoms with Gasteiger partial charge in [-0.3, -0.25) is 9.59 Å². The molecular weight excluding hydrogens is 789 g/mol. The summed E-state index contributed by atoms with van der Waals surface area (Å²) in [6.45, 7) is 0. The number of anilines is 6. The first-order chi connectivity index (χ1) is 31.4. The molecule has 6 heteroatoms. The summed E-state index contributed by atoms with van der Waals surface area (Å²) in [5.74, 6) is -0.413. The van der Waals surface area contributed by atoms with Crippen LogP contribution >= 0.6 is 0 Å². The van der Waals surface area contributed by atoms with Gasteiger partial charge in [-0.05, 0) is 143 Å². The van der Waals surface area contributed by atoms with Crippen LogP contribution in [0.15, 0.2) is 206 Å². The number of nitrogens with zero attached hydrogens (tertiary/aromatic N) is 2. The Bertz CT molecular complexity index is 2520. The van der Waals surface area contributed by atoms with E-state index < -0.39 is 0 Å². The Hall–Kier alpha value is -7.70. The smallest absolute Gasteiger partial charge is 0.305 e. The molecule has 0 aliphatic heterocycles. The lowest BCUT2D eigenvalue weighted by atomic mass is 10.0. The second-order valence-electron chi connectivity index (χ2n) is 15.8. The van der Waals surface area contributed by atoms with E-state index in [1.54, 1.807) is 0 Å². The first-order valence-electron chi connectivity index (χ1n) is 21.8. The molecule has 0 radical (unpaired) electrons. The Morgan fingerprint density at radius 3 is 0.812 bits per heavy atom. The quantitative estimate of drug-likeness (QED) is 0.0851. The number of aryl methyl sites for hydroxylation is 4. The number of rotatable bonds is 17. The van der Waals surface area contributed by atoms with Crippen molar-refractivity contribution in [3.8, 4) is 22.3 Å². The number of hydrogen-bond acceptors (Lipinski definition) is 6. The van der Waals surface area contributed by atoms with Crippen molar-refractivity contribution < 1.29 is 19.1 Å². The summed E-state index contributed by atoms with van der Waals surface area (Å²) in [6, 6.07) is 72.9. The van der Waals surface area contributed by atoms with Gasteiger partial charge in [0.1, 0.15) is 0 Å². The largest absolute Gasteiger partial charge is 0.469 e. The molecule has 318 valence electrons. The zero-order valence-corrected chi connectivity index (χ0v) is 36.4. The van der Waals surface area contributed by atoms with Gasteiger partial charge in [0, 0.05) is 47.0 Å². The molecule has 0 saturated carbocycles. The number of carbonyl (C=O) groups is 2. The third-order valence-electron chi connectivity index (χ3n) is 11.6. The fourth-order valence-electron chi connectivity index (χ4n) is 7.99. The highest BCUT2D eigenvalue weighted by Gasteiger charge is 2.16. The van der Waals surface area contributed by atoms with Gasteiger partial charge < -0.3 is 19.3 Å². The highest BCUT2D eigenvalue weighted by atomic mass is 16.5. The molecule has 8 aromatic rings. The zero-order valence-electron chi connectivity index (χ0n) is 36.4. The van der Waals surface area contributed by atoms with Gasteiger partial charge in [0.05, 0.1) is 14.2 Å². The molecule has 64 heavy (non-hydrogen) atoms. The van der Waals surface area contributed by atoms with Gasteiger partial charge in [-0.2, -0.15) is 0 Å². The minimum atomic E-state index is -0.206. The number of carbonyl (C=O) groups excluding carboxylic acids is 2. The van der Waals surface area contributed by atoms with Crippen molar-refractivity contribution in [1.29, 1.82) is 0 Å². The number of esters is 2.